The van der Waals surface area contributed by atoms with Gasteiger partial charge in [-0.05, 0) is 24.7 Å². The molecule has 2 atom stereocenters. The maximum Gasteiger partial charge on any atom is 0.0624 e. The number of hydrogen-bond donors (Lipinski definition) is 0. The lowest BCUT2D eigenvalue weighted by atomic mass is 9.80. The molecule has 0 spiro atoms. The minimum atomic E-state index is 0.416. The lowest BCUT2D eigenvalue weighted by Crippen LogP contribution is -2.15. The average molecular weight is 160 g/mol. The van der Waals surface area contributed by atoms with Crippen LogP contribution in [0.15, 0.2) is 12.2 Å². The van der Waals surface area contributed by atoms with Gasteiger partial charge in [0.25, 0.3) is 0 Å². The van der Waals surface area contributed by atoms with E-state index in [0.29, 0.717) is 24.7 Å². The first kappa shape index (κ1) is 8.81. The Morgan fingerprint density at radius 3 is 1.75 bits per heavy atom. The van der Waals surface area contributed by atoms with Crippen LogP contribution in [0.4, 0.5) is 0 Å². The Kier molecular flexibility index (Phi) is 3.35. The van der Waals surface area contributed by atoms with Crippen molar-refractivity contribution in [3.63, 3.8) is 0 Å². The summed E-state index contributed by atoms with van der Waals surface area (Å²) in [7, 11) is 0. The van der Waals surface area contributed by atoms with Crippen LogP contribution >= 0.6 is 0 Å². The third kappa shape index (κ3) is 2.10. The Morgan fingerprint density at radius 2 is 1.42 bits per heavy atom. The maximum atomic E-state index is 8.55. The summed E-state index contributed by atoms with van der Waals surface area (Å²) in [6, 6.07) is 4.37. The zero-order valence-electron chi connectivity index (χ0n) is 7.03. The van der Waals surface area contributed by atoms with Crippen molar-refractivity contribution in [1.82, 2.24) is 0 Å². The molecule has 0 aromatic rings. The molecule has 0 heterocycles. The Morgan fingerprint density at radius 1 is 1.00 bits per heavy atom. The summed E-state index contributed by atoms with van der Waals surface area (Å²) in [4.78, 5) is 0. The highest BCUT2D eigenvalue weighted by atomic mass is 14.3. The van der Waals surface area contributed by atoms with Crippen molar-refractivity contribution in [3.05, 3.63) is 12.2 Å². The molecule has 12 heavy (non-hydrogen) atoms. The molecule has 0 saturated heterocycles. The lowest BCUT2D eigenvalue weighted by molar-refractivity contribution is 0.333. The fraction of sp³-hybridized carbons (Fsp3) is 0.600. The number of hydrogen-bond acceptors (Lipinski definition) is 2. The summed E-state index contributed by atoms with van der Waals surface area (Å²) < 4.78 is 0. The van der Waals surface area contributed by atoms with Crippen LogP contribution in [-0.4, -0.2) is 0 Å². The minimum absolute atomic E-state index is 0.416. The summed E-state index contributed by atoms with van der Waals surface area (Å²) in [5.74, 6) is 0.833. The molecule has 1 rings (SSSR count). The molecular weight excluding hydrogens is 148 g/mol. The van der Waals surface area contributed by atoms with E-state index in [0.717, 1.165) is 12.8 Å². The molecule has 2 nitrogen and oxygen atoms in total. The van der Waals surface area contributed by atoms with Crippen molar-refractivity contribution >= 4 is 0 Å². The van der Waals surface area contributed by atoms with Crippen LogP contribution in [0.1, 0.15) is 25.7 Å². The number of rotatable bonds is 2. The van der Waals surface area contributed by atoms with Gasteiger partial charge in [-0.3, -0.25) is 0 Å². The molecule has 1 aliphatic carbocycles. The van der Waals surface area contributed by atoms with E-state index in [4.69, 9.17) is 10.5 Å². The van der Waals surface area contributed by atoms with Crippen molar-refractivity contribution in [2.24, 2.45) is 11.8 Å². The standard InChI is InChI=1S/C10H12N2/c11-7-5-9-3-1-2-4-10(9)6-8-12/h1-2,9-10H,3-6H2. The molecule has 0 amide bonds. The molecule has 0 bridgehead atoms. The van der Waals surface area contributed by atoms with Gasteiger partial charge in [-0.1, -0.05) is 12.2 Å². The van der Waals surface area contributed by atoms with E-state index in [1.807, 2.05) is 0 Å². The molecule has 0 aliphatic heterocycles. The Bertz CT molecular complexity index is 216. The van der Waals surface area contributed by atoms with E-state index in [2.05, 4.69) is 24.3 Å². The third-order valence-electron chi connectivity index (χ3n) is 2.42. The van der Waals surface area contributed by atoms with Crippen LogP contribution in [0.3, 0.4) is 0 Å². The first-order chi connectivity index (χ1) is 5.88. The molecule has 0 radical (unpaired) electrons. The monoisotopic (exact) mass is 160 g/mol. The van der Waals surface area contributed by atoms with E-state index in [-0.39, 0.29) is 0 Å². The molecule has 0 aromatic carbocycles. The molecule has 0 N–H and O–H groups in total. The van der Waals surface area contributed by atoms with Crippen LogP contribution in [0.25, 0.3) is 0 Å². The Balaban J connectivity index is 2.52. The zero-order chi connectivity index (χ0) is 8.81. The zero-order valence-corrected chi connectivity index (χ0v) is 7.03. The van der Waals surface area contributed by atoms with Gasteiger partial charge in [0.2, 0.25) is 0 Å². The highest BCUT2D eigenvalue weighted by molar-refractivity contribution is 4.99. The lowest BCUT2D eigenvalue weighted by Gasteiger charge is -2.23. The molecule has 1 aliphatic rings. The summed E-state index contributed by atoms with van der Waals surface area (Å²) >= 11 is 0. The van der Waals surface area contributed by atoms with Crippen molar-refractivity contribution in [1.29, 1.82) is 10.5 Å². The largest absolute Gasteiger partial charge is 0.198 e. The molecule has 0 aromatic heterocycles. The van der Waals surface area contributed by atoms with Gasteiger partial charge in [-0.2, -0.15) is 10.5 Å². The summed E-state index contributed by atoms with van der Waals surface area (Å²) in [6.07, 6.45) is 7.37. The third-order valence-corrected chi connectivity index (χ3v) is 2.42. The fourth-order valence-electron chi connectivity index (χ4n) is 1.66. The topological polar surface area (TPSA) is 47.6 Å². The highest BCUT2D eigenvalue weighted by Crippen LogP contribution is 2.29. The predicted molar refractivity (Wildman–Crippen MR) is 45.8 cm³/mol. The molecule has 0 saturated carbocycles. The van der Waals surface area contributed by atoms with E-state index in [1.165, 1.54) is 0 Å². The van der Waals surface area contributed by atoms with E-state index >= 15 is 0 Å². The smallest absolute Gasteiger partial charge is 0.0624 e. The van der Waals surface area contributed by atoms with E-state index in [9.17, 15) is 0 Å². The van der Waals surface area contributed by atoms with Gasteiger partial charge in [0.1, 0.15) is 0 Å². The summed E-state index contributed by atoms with van der Waals surface area (Å²) in [6.45, 7) is 0. The molecule has 2 heteroatoms. The normalized spacial score (nSPS) is 27.5. The molecular formula is C10H12N2. The van der Waals surface area contributed by atoms with Crippen molar-refractivity contribution in [3.8, 4) is 12.1 Å². The summed E-state index contributed by atoms with van der Waals surface area (Å²) in [5, 5.41) is 17.1. The SMILES string of the molecule is N#CCC1CC=CCC1CC#N. The molecule has 62 valence electrons. The molecule has 2 unspecified atom stereocenters. The predicted octanol–water partition coefficient (Wildman–Crippen LogP) is 2.40. The van der Waals surface area contributed by atoms with Gasteiger partial charge in [-0.25, -0.2) is 0 Å². The second kappa shape index (κ2) is 4.57. The van der Waals surface area contributed by atoms with Crippen molar-refractivity contribution in [2.45, 2.75) is 25.7 Å². The quantitative estimate of drug-likeness (QED) is 0.582. The average Bonchev–Trinajstić information content (AvgIpc) is 2.09. The van der Waals surface area contributed by atoms with Crippen molar-refractivity contribution < 1.29 is 0 Å². The minimum Gasteiger partial charge on any atom is -0.198 e. The summed E-state index contributed by atoms with van der Waals surface area (Å²) in [5.41, 5.74) is 0. The Hall–Kier alpha value is -1.28. The van der Waals surface area contributed by atoms with Gasteiger partial charge < -0.3 is 0 Å². The van der Waals surface area contributed by atoms with Gasteiger partial charge in [0.15, 0.2) is 0 Å². The first-order valence-electron chi connectivity index (χ1n) is 4.27. The second-order valence-electron chi connectivity index (χ2n) is 3.19. The van der Waals surface area contributed by atoms with Gasteiger partial charge in [0.05, 0.1) is 12.1 Å². The fourth-order valence-corrected chi connectivity index (χ4v) is 1.66. The van der Waals surface area contributed by atoms with Crippen LogP contribution in [-0.2, 0) is 0 Å². The van der Waals surface area contributed by atoms with Gasteiger partial charge >= 0.3 is 0 Å². The number of nitrogens with zero attached hydrogens (tertiary/aromatic N) is 2. The highest BCUT2D eigenvalue weighted by Gasteiger charge is 2.21. The van der Waals surface area contributed by atoms with Gasteiger partial charge in [0, 0.05) is 12.8 Å². The number of allylic oxidation sites excluding steroid dienone is 2. The van der Waals surface area contributed by atoms with Gasteiger partial charge in [-0.15, -0.1) is 0 Å². The van der Waals surface area contributed by atoms with Crippen LogP contribution in [0.5, 0.6) is 0 Å². The maximum absolute atomic E-state index is 8.55. The van der Waals surface area contributed by atoms with E-state index in [1.54, 1.807) is 0 Å². The molecule has 0 fully saturated rings. The van der Waals surface area contributed by atoms with Crippen LogP contribution < -0.4 is 0 Å². The van der Waals surface area contributed by atoms with Crippen molar-refractivity contribution in [2.75, 3.05) is 0 Å². The van der Waals surface area contributed by atoms with Crippen LogP contribution in [0, 0.1) is 34.5 Å². The Labute approximate surface area is 73.1 Å². The second-order valence-corrected chi connectivity index (χ2v) is 3.19. The first-order valence-corrected chi connectivity index (χ1v) is 4.27. The van der Waals surface area contributed by atoms with E-state index < -0.39 is 0 Å². The number of nitriles is 2. The van der Waals surface area contributed by atoms with Crippen LogP contribution in [0.2, 0.25) is 0 Å².